The number of non-ortho nitro benzene ring substituents is 1. The molecule has 2 rings (SSSR count). The van der Waals surface area contributed by atoms with Crippen LogP contribution < -0.4 is 33.7 Å². The third-order valence-corrected chi connectivity index (χ3v) is 2.91. The maximum atomic E-state index is 10.5. The fourth-order valence-electron chi connectivity index (χ4n) is 1.65. The summed E-state index contributed by atoms with van der Waals surface area (Å²) in [6, 6.07) is 5.89. The Morgan fingerprint density at radius 1 is 1.24 bits per heavy atom. The first-order valence-electron chi connectivity index (χ1n) is 6.58. The highest BCUT2D eigenvalue weighted by Crippen LogP contribution is 2.19. The van der Waals surface area contributed by atoms with Crippen LogP contribution in [0.4, 0.5) is 11.5 Å². The van der Waals surface area contributed by atoms with Gasteiger partial charge >= 0.3 is 0 Å². The van der Waals surface area contributed by atoms with Gasteiger partial charge in [0.05, 0.1) is 17.5 Å². The van der Waals surface area contributed by atoms with Crippen LogP contribution in [0.15, 0.2) is 30.5 Å². The number of nitro benzene ring substituents is 1. The van der Waals surface area contributed by atoms with Crippen molar-refractivity contribution >= 4 is 11.5 Å². The van der Waals surface area contributed by atoms with Crippen molar-refractivity contribution in [3.63, 3.8) is 0 Å². The van der Waals surface area contributed by atoms with Gasteiger partial charge in [0.1, 0.15) is 18.6 Å². The fraction of sp³-hybridized carbons (Fsp3) is 0.231. The average Bonchev–Trinajstić information content (AvgIpc) is 2.48. The zero-order valence-corrected chi connectivity index (χ0v) is 14.0. The highest BCUT2D eigenvalue weighted by Gasteiger charge is 2.13. The molecule has 12 heteroatoms. The summed E-state index contributed by atoms with van der Waals surface area (Å²) in [6.45, 7) is 2.11. The average molecular weight is 375 g/mol. The first-order valence-corrected chi connectivity index (χ1v) is 7.81. The van der Waals surface area contributed by atoms with Crippen LogP contribution in [0.2, 0.25) is 0 Å². The van der Waals surface area contributed by atoms with Crippen LogP contribution in [-0.2, 0) is 13.7 Å². The zero-order valence-electron chi connectivity index (χ0n) is 13.2. The molecule has 0 fully saturated rings. The molecular formula is C13H15ClN4O7. The number of nitrogen functional groups attached to an aromatic ring is 1. The normalized spacial score (nSPS) is 10.6. The van der Waals surface area contributed by atoms with Crippen LogP contribution in [-0.4, -0.2) is 9.91 Å². The number of halogens is 1. The lowest BCUT2D eigenvalue weighted by Gasteiger charge is -2.17. The van der Waals surface area contributed by atoms with Crippen LogP contribution >= 0.6 is 0 Å². The Morgan fingerprint density at radius 2 is 1.76 bits per heavy atom. The van der Waals surface area contributed by atoms with E-state index in [1.807, 2.05) is 24.7 Å². The molecule has 11 nitrogen and oxygen atoms in total. The molecule has 1 aromatic heterocycles. The lowest BCUT2D eigenvalue weighted by atomic mass is 10.3. The van der Waals surface area contributed by atoms with Crippen LogP contribution in [0, 0.1) is 27.3 Å². The van der Waals surface area contributed by atoms with E-state index < -0.39 is 15.2 Å². The molecule has 2 N–H and O–H groups in total. The van der Waals surface area contributed by atoms with Gasteiger partial charge in [0, 0.05) is 19.1 Å². The van der Waals surface area contributed by atoms with Crippen molar-refractivity contribution in [1.29, 1.82) is 0 Å². The maximum absolute atomic E-state index is 10.5. The van der Waals surface area contributed by atoms with E-state index in [1.165, 1.54) is 12.1 Å². The monoisotopic (exact) mass is 374 g/mol. The predicted octanol–water partition coefficient (Wildman–Crippen LogP) is -3.47. The van der Waals surface area contributed by atoms with E-state index >= 15 is 0 Å². The van der Waals surface area contributed by atoms with Gasteiger partial charge in [-0.15, -0.1) is 10.2 Å². The SMILES string of the molecule is Cc1nc(N)c(COc2ccc([N+](=O)[O-])cc2)c[n+]1C.[O-][Cl+3]([O-])([O-])[O-]. The standard InChI is InChI=1S/C13H14N4O3.ClHO4/c1-9-15-13(14)10(7-16(9)2)8-20-12-5-3-11(4-6-12)17(18)19;2-1(3,4)5/h3-7,14H,8H2,1-2H3;(H,2,3,4,5). The van der Waals surface area contributed by atoms with Crippen molar-refractivity contribution in [3.8, 4) is 5.75 Å². The van der Waals surface area contributed by atoms with Gasteiger partial charge in [-0.25, -0.2) is 23.2 Å². The van der Waals surface area contributed by atoms with Crippen molar-refractivity contribution in [2.45, 2.75) is 13.5 Å². The van der Waals surface area contributed by atoms with Gasteiger partial charge in [0.25, 0.3) is 11.5 Å². The van der Waals surface area contributed by atoms with Crippen molar-refractivity contribution in [3.05, 3.63) is 52.0 Å². The van der Waals surface area contributed by atoms with E-state index in [0.717, 1.165) is 11.4 Å². The Bertz CT molecular complexity index is 728. The molecule has 0 atom stereocenters. The molecule has 0 aliphatic heterocycles. The molecule has 0 saturated heterocycles. The van der Waals surface area contributed by atoms with Gasteiger partial charge < -0.3 is 10.5 Å². The van der Waals surface area contributed by atoms with Crippen LogP contribution in [0.25, 0.3) is 0 Å². The first-order chi connectivity index (χ1) is 11.5. The number of aromatic nitrogens is 2. The summed E-state index contributed by atoms with van der Waals surface area (Å²) in [5.41, 5.74) is 6.61. The first kappa shape index (κ1) is 20.5. The number of rotatable bonds is 4. The molecule has 1 aromatic carbocycles. The maximum Gasteiger partial charge on any atom is 0.297 e. The van der Waals surface area contributed by atoms with Gasteiger partial charge in [-0.1, -0.05) is 0 Å². The number of nitro groups is 1. The molecule has 0 saturated carbocycles. The zero-order chi connectivity index (χ0) is 19.2. The van der Waals surface area contributed by atoms with E-state index in [0.29, 0.717) is 11.6 Å². The predicted molar refractivity (Wildman–Crippen MR) is 72.0 cm³/mol. The lowest BCUT2D eigenvalue weighted by molar-refractivity contribution is -2.00. The summed E-state index contributed by atoms with van der Waals surface area (Å²) < 4.78 is 41.4. The van der Waals surface area contributed by atoms with E-state index in [1.54, 1.807) is 12.1 Å². The summed E-state index contributed by atoms with van der Waals surface area (Å²) in [6.07, 6.45) is 1.85. The van der Waals surface area contributed by atoms with Crippen LogP contribution in [0.5, 0.6) is 5.75 Å². The molecule has 0 aliphatic carbocycles. The van der Waals surface area contributed by atoms with Gasteiger partial charge in [0.2, 0.25) is 5.82 Å². The number of ether oxygens (including phenoxy) is 1. The van der Waals surface area contributed by atoms with E-state index in [9.17, 15) is 10.1 Å². The van der Waals surface area contributed by atoms with Crippen molar-refractivity contribution in [2.75, 3.05) is 5.73 Å². The summed E-state index contributed by atoms with van der Waals surface area (Å²) in [4.78, 5) is 14.3. The number of hydrogen-bond donors (Lipinski definition) is 1. The van der Waals surface area contributed by atoms with Gasteiger partial charge in [0.15, 0.2) is 0 Å². The second-order valence-electron chi connectivity index (χ2n) is 4.73. The topological polar surface area (TPSA) is 187 Å². The minimum Gasteiger partial charge on any atom is -0.489 e. The van der Waals surface area contributed by atoms with Crippen molar-refractivity contribution < 1.29 is 43.1 Å². The third kappa shape index (κ3) is 7.69. The molecule has 1 heterocycles. The fourth-order valence-corrected chi connectivity index (χ4v) is 1.65. The third-order valence-electron chi connectivity index (χ3n) is 2.91. The second-order valence-corrected chi connectivity index (χ2v) is 5.48. The minimum absolute atomic E-state index is 0.0280. The molecule has 2 aromatic rings. The van der Waals surface area contributed by atoms with E-state index in [2.05, 4.69) is 4.98 Å². The van der Waals surface area contributed by atoms with Gasteiger partial charge in [-0.3, -0.25) is 10.1 Å². The molecule has 0 unspecified atom stereocenters. The molecular weight excluding hydrogens is 360 g/mol. The summed E-state index contributed by atoms with van der Waals surface area (Å²) in [5.74, 6) is 1.77. The Morgan fingerprint density at radius 3 is 2.24 bits per heavy atom. The summed E-state index contributed by atoms with van der Waals surface area (Å²) in [7, 11) is -3.07. The number of nitrogens with two attached hydrogens (primary N) is 1. The molecule has 25 heavy (non-hydrogen) atoms. The van der Waals surface area contributed by atoms with Crippen molar-refractivity contribution in [2.24, 2.45) is 7.05 Å². The van der Waals surface area contributed by atoms with E-state index in [4.69, 9.17) is 29.1 Å². The number of anilines is 1. The summed E-state index contributed by atoms with van der Waals surface area (Å²) in [5, 5.41) is 10.5. The number of hydrogen-bond acceptors (Lipinski definition) is 9. The quantitative estimate of drug-likeness (QED) is 0.322. The molecule has 0 spiro atoms. The Labute approximate surface area is 144 Å². The van der Waals surface area contributed by atoms with Gasteiger partial charge in [-0.2, -0.15) is 0 Å². The Balaban J connectivity index is 0.000000550. The van der Waals surface area contributed by atoms with E-state index in [-0.39, 0.29) is 12.3 Å². The highest BCUT2D eigenvalue weighted by molar-refractivity contribution is 5.38. The second kappa shape index (κ2) is 8.50. The molecule has 0 aliphatic rings. The largest absolute Gasteiger partial charge is 0.489 e. The van der Waals surface area contributed by atoms with Gasteiger partial charge in [-0.05, 0) is 17.1 Å². The van der Waals surface area contributed by atoms with Crippen LogP contribution in [0.3, 0.4) is 0 Å². The molecule has 136 valence electrons. The number of nitrogens with zero attached hydrogens (tertiary/aromatic N) is 3. The molecule has 0 radical (unpaired) electrons. The minimum atomic E-state index is -4.94. The molecule has 0 bridgehead atoms. The number of benzene rings is 1. The Kier molecular flexibility index (Phi) is 6.97. The highest BCUT2D eigenvalue weighted by atomic mass is 35.7. The van der Waals surface area contributed by atoms with Crippen molar-refractivity contribution in [1.82, 2.24) is 4.98 Å². The van der Waals surface area contributed by atoms with Crippen LogP contribution in [0.1, 0.15) is 11.4 Å². The Hall–Kier alpha value is -2.57. The number of aryl methyl sites for hydroxylation is 2. The smallest absolute Gasteiger partial charge is 0.297 e. The summed E-state index contributed by atoms with van der Waals surface area (Å²) >= 11 is 0. The molecule has 0 amide bonds. The lowest BCUT2D eigenvalue weighted by Crippen LogP contribution is -2.68.